The van der Waals surface area contributed by atoms with Gasteiger partial charge in [0.2, 0.25) is 0 Å². The van der Waals surface area contributed by atoms with Gasteiger partial charge in [-0.2, -0.15) is 0 Å². The van der Waals surface area contributed by atoms with Gasteiger partial charge in [-0.1, -0.05) is 18.2 Å². The maximum atomic E-state index is 13.1. The minimum Gasteiger partial charge on any atom is -0.490 e. The molecule has 0 aliphatic rings. The van der Waals surface area contributed by atoms with Gasteiger partial charge >= 0.3 is 5.69 Å². The number of nitro groups is 1. The summed E-state index contributed by atoms with van der Waals surface area (Å²) < 4.78 is 18.1. The van der Waals surface area contributed by atoms with Gasteiger partial charge in [0, 0.05) is 6.54 Å². The average Bonchev–Trinajstić information content (AvgIpc) is 2.46. The van der Waals surface area contributed by atoms with Crippen molar-refractivity contribution in [2.45, 2.75) is 6.42 Å². The first kappa shape index (κ1) is 14.8. The highest BCUT2D eigenvalue weighted by Crippen LogP contribution is 2.34. The van der Waals surface area contributed by atoms with Gasteiger partial charge in [0.25, 0.3) is 0 Å². The monoisotopic (exact) mass is 290 g/mol. The molecule has 2 rings (SSSR count). The van der Waals surface area contributed by atoms with Crippen LogP contribution in [0, 0.1) is 15.9 Å². The van der Waals surface area contributed by atoms with Crippen molar-refractivity contribution in [1.82, 2.24) is 0 Å². The summed E-state index contributed by atoms with van der Waals surface area (Å²) in [5.74, 6) is -0.0874. The predicted octanol–water partition coefficient (Wildman–Crippen LogP) is 3.40. The number of methoxy groups -OCH3 is 1. The van der Waals surface area contributed by atoms with E-state index in [2.05, 4.69) is 5.32 Å². The van der Waals surface area contributed by atoms with E-state index in [9.17, 15) is 14.5 Å². The molecule has 0 aliphatic heterocycles. The van der Waals surface area contributed by atoms with Crippen molar-refractivity contribution in [3.8, 4) is 5.75 Å². The second-order valence-electron chi connectivity index (χ2n) is 4.42. The molecule has 1 N–H and O–H groups in total. The second-order valence-corrected chi connectivity index (χ2v) is 4.42. The molecule has 2 aromatic rings. The van der Waals surface area contributed by atoms with Crippen LogP contribution in [0.1, 0.15) is 5.56 Å². The number of rotatable bonds is 6. The Morgan fingerprint density at radius 3 is 2.71 bits per heavy atom. The first-order chi connectivity index (χ1) is 10.1. The van der Waals surface area contributed by atoms with Crippen LogP contribution in [0.2, 0.25) is 0 Å². The Hall–Kier alpha value is -2.63. The highest BCUT2D eigenvalue weighted by molar-refractivity contribution is 5.68. The van der Waals surface area contributed by atoms with Gasteiger partial charge in [0.15, 0.2) is 5.75 Å². The minimum absolute atomic E-state index is 0.0979. The topological polar surface area (TPSA) is 64.4 Å². The van der Waals surface area contributed by atoms with Crippen molar-refractivity contribution in [2.24, 2.45) is 0 Å². The largest absolute Gasteiger partial charge is 0.490 e. The summed E-state index contributed by atoms with van der Waals surface area (Å²) in [4.78, 5) is 10.6. The third-order valence-corrected chi connectivity index (χ3v) is 3.02. The Labute approximate surface area is 121 Å². The molecule has 0 heterocycles. The summed E-state index contributed by atoms with van der Waals surface area (Å²) in [6, 6.07) is 11.1. The van der Waals surface area contributed by atoms with Crippen LogP contribution in [0.15, 0.2) is 42.5 Å². The van der Waals surface area contributed by atoms with Crippen molar-refractivity contribution in [3.05, 3.63) is 64.0 Å². The molecule has 0 aromatic heterocycles. The van der Waals surface area contributed by atoms with Gasteiger partial charge in [0.05, 0.1) is 12.0 Å². The number of hydrogen-bond acceptors (Lipinski definition) is 4. The normalized spacial score (nSPS) is 10.2. The van der Waals surface area contributed by atoms with E-state index in [4.69, 9.17) is 4.74 Å². The van der Waals surface area contributed by atoms with Crippen molar-refractivity contribution in [2.75, 3.05) is 19.0 Å². The first-order valence-corrected chi connectivity index (χ1v) is 6.41. The molecule has 2 aromatic carbocycles. The average molecular weight is 290 g/mol. The number of para-hydroxylation sites is 1. The van der Waals surface area contributed by atoms with Crippen molar-refractivity contribution in [1.29, 1.82) is 0 Å². The maximum absolute atomic E-state index is 13.1. The smallest absolute Gasteiger partial charge is 0.333 e. The molecule has 5 nitrogen and oxygen atoms in total. The molecule has 0 bridgehead atoms. The zero-order chi connectivity index (χ0) is 15.2. The third kappa shape index (κ3) is 3.68. The molecule has 21 heavy (non-hydrogen) atoms. The van der Waals surface area contributed by atoms with Crippen LogP contribution in [-0.2, 0) is 6.42 Å². The Balaban J connectivity index is 2.08. The van der Waals surface area contributed by atoms with Crippen LogP contribution in [0.3, 0.4) is 0 Å². The van der Waals surface area contributed by atoms with Crippen molar-refractivity contribution < 1.29 is 14.1 Å². The number of nitro benzene ring substituents is 1. The lowest BCUT2D eigenvalue weighted by Crippen LogP contribution is -2.07. The first-order valence-electron chi connectivity index (χ1n) is 6.41. The van der Waals surface area contributed by atoms with Crippen LogP contribution in [0.5, 0.6) is 5.75 Å². The molecule has 6 heteroatoms. The van der Waals surface area contributed by atoms with Gasteiger partial charge < -0.3 is 10.1 Å². The maximum Gasteiger partial charge on any atom is 0.333 e. The molecule has 0 amide bonds. The van der Waals surface area contributed by atoms with E-state index in [-0.39, 0.29) is 17.3 Å². The predicted molar refractivity (Wildman–Crippen MR) is 78.2 cm³/mol. The van der Waals surface area contributed by atoms with Gasteiger partial charge in [-0.3, -0.25) is 10.1 Å². The van der Waals surface area contributed by atoms with Crippen molar-refractivity contribution >= 4 is 11.4 Å². The number of halogens is 1. The highest BCUT2D eigenvalue weighted by Gasteiger charge is 2.19. The SMILES string of the molecule is COc1cccc(NCCc2cccc(F)c2)c1[N+](=O)[O-]. The van der Waals surface area contributed by atoms with E-state index in [1.165, 1.54) is 25.3 Å². The highest BCUT2D eigenvalue weighted by atomic mass is 19.1. The summed E-state index contributed by atoms with van der Waals surface area (Å²) in [5, 5.41) is 14.1. The lowest BCUT2D eigenvalue weighted by atomic mass is 10.1. The summed E-state index contributed by atoms with van der Waals surface area (Å²) in [6.07, 6.45) is 0.562. The molecule has 0 saturated heterocycles. The fourth-order valence-electron chi connectivity index (χ4n) is 2.05. The molecule has 0 saturated carbocycles. The molecule has 0 unspecified atom stereocenters. The third-order valence-electron chi connectivity index (χ3n) is 3.02. The number of hydrogen-bond donors (Lipinski definition) is 1. The lowest BCUT2D eigenvalue weighted by Gasteiger charge is -2.09. The van der Waals surface area contributed by atoms with Crippen LogP contribution >= 0.6 is 0 Å². The molecule has 0 spiro atoms. The standard InChI is InChI=1S/C15H15FN2O3/c1-21-14-7-3-6-13(15(14)18(19)20)17-9-8-11-4-2-5-12(16)10-11/h2-7,10,17H,8-9H2,1H3. The van der Waals surface area contributed by atoms with Crippen LogP contribution < -0.4 is 10.1 Å². The van der Waals surface area contributed by atoms with E-state index in [1.807, 2.05) is 6.07 Å². The number of anilines is 1. The number of ether oxygens (including phenoxy) is 1. The fraction of sp³-hybridized carbons (Fsp3) is 0.200. The second kappa shape index (κ2) is 6.69. The summed E-state index contributed by atoms with van der Waals surface area (Å²) >= 11 is 0. The zero-order valence-electron chi connectivity index (χ0n) is 11.5. The summed E-state index contributed by atoms with van der Waals surface area (Å²) in [7, 11) is 1.39. The lowest BCUT2D eigenvalue weighted by molar-refractivity contribution is -0.384. The Bertz CT molecular complexity index is 647. The zero-order valence-corrected chi connectivity index (χ0v) is 11.5. The van der Waals surface area contributed by atoms with Gasteiger partial charge in [-0.25, -0.2) is 4.39 Å². The van der Waals surface area contributed by atoms with Crippen LogP contribution in [-0.4, -0.2) is 18.6 Å². The van der Waals surface area contributed by atoms with Gasteiger partial charge in [0.1, 0.15) is 11.5 Å². The number of benzene rings is 2. The fourth-order valence-corrected chi connectivity index (χ4v) is 2.05. The van der Waals surface area contributed by atoms with E-state index >= 15 is 0 Å². The minimum atomic E-state index is -0.483. The van der Waals surface area contributed by atoms with Gasteiger partial charge in [-0.15, -0.1) is 0 Å². The van der Waals surface area contributed by atoms with E-state index in [0.717, 1.165) is 5.56 Å². The Morgan fingerprint density at radius 1 is 1.29 bits per heavy atom. The van der Waals surface area contributed by atoms with E-state index in [0.29, 0.717) is 18.7 Å². The molecule has 110 valence electrons. The molecule has 0 fully saturated rings. The van der Waals surface area contributed by atoms with Gasteiger partial charge in [-0.05, 0) is 36.2 Å². The number of nitrogens with one attached hydrogen (secondary N) is 1. The Kier molecular flexibility index (Phi) is 4.71. The molecule has 0 radical (unpaired) electrons. The summed E-state index contributed by atoms with van der Waals surface area (Å²) in [5.41, 5.74) is 1.11. The number of nitrogens with zero attached hydrogens (tertiary/aromatic N) is 1. The molecular formula is C15H15FN2O3. The molecule has 0 atom stereocenters. The van der Waals surface area contributed by atoms with Crippen LogP contribution in [0.4, 0.5) is 15.8 Å². The van der Waals surface area contributed by atoms with E-state index < -0.39 is 4.92 Å². The quantitative estimate of drug-likeness (QED) is 0.654. The van der Waals surface area contributed by atoms with Crippen LogP contribution in [0.25, 0.3) is 0 Å². The van der Waals surface area contributed by atoms with E-state index in [1.54, 1.807) is 18.2 Å². The molecule has 0 aliphatic carbocycles. The molecular weight excluding hydrogens is 275 g/mol. The Morgan fingerprint density at radius 2 is 2.05 bits per heavy atom. The van der Waals surface area contributed by atoms with Crippen molar-refractivity contribution in [3.63, 3.8) is 0 Å². The summed E-state index contributed by atoms with van der Waals surface area (Å²) in [6.45, 7) is 0.456.